The molecule has 1 amide bonds. The van der Waals surface area contributed by atoms with Gasteiger partial charge in [-0.2, -0.15) is 0 Å². The minimum absolute atomic E-state index is 0.0847. The van der Waals surface area contributed by atoms with E-state index in [1.54, 1.807) is 6.92 Å². The molecule has 0 bridgehead atoms. The zero-order chi connectivity index (χ0) is 15.7. The average molecular weight is 295 g/mol. The molecule has 21 heavy (non-hydrogen) atoms. The highest BCUT2D eigenvalue weighted by molar-refractivity contribution is 5.83. The van der Waals surface area contributed by atoms with Crippen LogP contribution in [0.1, 0.15) is 19.4 Å². The fourth-order valence-corrected chi connectivity index (χ4v) is 1.73. The smallest absolute Gasteiger partial charge is 0.331 e. The van der Waals surface area contributed by atoms with Crippen molar-refractivity contribution in [1.82, 2.24) is 5.32 Å². The van der Waals surface area contributed by atoms with E-state index in [1.807, 2.05) is 30.3 Å². The summed E-state index contributed by atoms with van der Waals surface area (Å²) in [7, 11) is 0. The van der Waals surface area contributed by atoms with E-state index in [2.05, 4.69) is 5.32 Å². The van der Waals surface area contributed by atoms with Gasteiger partial charge in [0.1, 0.15) is 6.10 Å². The van der Waals surface area contributed by atoms with E-state index in [0.717, 1.165) is 5.56 Å². The Bertz CT molecular complexity index is 449. The van der Waals surface area contributed by atoms with Gasteiger partial charge in [-0.15, -0.1) is 0 Å². The number of carbonyl (C=O) groups excluding carboxylic acids is 2. The molecule has 116 valence electrons. The first-order valence-corrected chi connectivity index (χ1v) is 6.78. The molecule has 6 nitrogen and oxygen atoms in total. The number of carbonyl (C=O) groups is 2. The first-order valence-electron chi connectivity index (χ1n) is 6.78. The monoisotopic (exact) mass is 295 g/mol. The van der Waals surface area contributed by atoms with Gasteiger partial charge in [0.15, 0.2) is 6.04 Å². The minimum atomic E-state index is -1.17. The fourth-order valence-electron chi connectivity index (χ4n) is 1.73. The van der Waals surface area contributed by atoms with Gasteiger partial charge in [-0.3, -0.25) is 4.79 Å². The Labute approximate surface area is 124 Å². The summed E-state index contributed by atoms with van der Waals surface area (Å²) in [5.74, 6) is -1.10. The molecule has 1 rings (SSSR count). The quantitative estimate of drug-likeness (QED) is 0.687. The summed E-state index contributed by atoms with van der Waals surface area (Å²) in [6.45, 7) is 3.32. The Hall–Kier alpha value is -1.92. The van der Waals surface area contributed by atoms with E-state index in [0.29, 0.717) is 6.61 Å². The van der Waals surface area contributed by atoms with E-state index >= 15 is 0 Å². The molecule has 2 N–H and O–H groups in total. The molecular weight excluding hydrogens is 274 g/mol. The van der Waals surface area contributed by atoms with Crippen molar-refractivity contribution in [2.24, 2.45) is 0 Å². The number of nitrogens with one attached hydrogen (secondary N) is 1. The topological polar surface area (TPSA) is 84.9 Å². The van der Waals surface area contributed by atoms with Crippen molar-refractivity contribution >= 4 is 11.9 Å². The van der Waals surface area contributed by atoms with Crippen molar-refractivity contribution in [3.8, 4) is 0 Å². The second-order valence-corrected chi connectivity index (χ2v) is 4.50. The lowest BCUT2D eigenvalue weighted by molar-refractivity contribution is -0.152. The Morgan fingerprint density at radius 3 is 2.52 bits per heavy atom. The number of hydrogen-bond acceptors (Lipinski definition) is 5. The average Bonchev–Trinajstić information content (AvgIpc) is 2.45. The summed E-state index contributed by atoms with van der Waals surface area (Å²) >= 11 is 0. The second kappa shape index (κ2) is 9.10. The van der Waals surface area contributed by atoms with Crippen LogP contribution in [0.5, 0.6) is 0 Å². The number of amides is 1. The number of rotatable bonds is 8. The Morgan fingerprint density at radius 1 is 1.29 bits per heavy atom. The van der Waals surface area contributed by atoms with Gasteiger partial charge >= 0.3 is 5.97 Å². The summed E-state index contributed by atoms with van der Waals surface area (Å²) in [5, 5.41) is 12.4. The lowest BCUT2D eigenvalue weighted by Gasteiger charge is -2.21. The van der Waals surface area contributed by atoms with Crippen molar-refractivity contribution in [1.29, 1.82) is 0 Å². The van der Waals surface area contributed by atoms with E-state index in [1.165, 1.54) is 6.92 Å². The van der Waals surface area contributed by atoms with Gasteiger partial charge in [0.2, 0.25) is 5.91 Å². The van der Waals surface area contributed by atoms with Crippen LogP contribution in [0.25, 0.3) is 0 Å². The van der Waals surface area contributed by atoms with Crippen molar-refractivity contribution in [3.05, 3.63) is 35.9 Å². The van der Waals surface area contributed by atoms with Gasteiger partial charge < -0.3 is 19.9 Å². The number of esters is 1. The highest BCUT2D eigenvalue weighted by Gasteiger charge is 2.29. The van der Waals surface area contributed by atoms with Crippen molar-refractivity contribution in [2.45, 2.75) is 32.6 Å². The maximum atomic E-state index is 11.7. The Kier molecular flexibility index (Phi) is 7.42. The normalized spacial score (nSPS) is 13.3. The molecule has 0 aliphatic rings. The Balaban J connectivity index is 2.49. The predicted molar refractivity (Wildman–Crippen MR) is 76.3 cm³/mol. The molecule has 1 aromatic rings. The summed E-state index contributed by atoms with van der Waals surface area (Å²) in [6, 6.07) is 8.32. The van der Waals surface area contributed by atoms with Crippen molar-refractivity contribution < 1.29 is 24.2 Å². The first kappa shape index (κ1) is 17.1. The summed E-state index contributed by atoms with van der Waals surface area (Å²) in [6.07, 6.45) is -1.17. The molecule has 0 saturated heterocycles. The van der Waals surface area contributed by atoms with E-state index < -0.39 is 24.0 Å². The van der Waals surface area contributed by atoms with Crippen molar-refractivity contribution in [2.75, 3.05) is 13.2 Å². The molecule has 0 saturated carbocycles. The summed E-state index contributed by atoms with van der Waals surface area (Å²) in [5.41, 5.74) is 0.955. The molecule has 0 spiro atoms. The molecule has 2 atom stereocenters. The highest BCUT2D eigenvalue weighted by atomic mass is 16.5. The van der Waals surface area contributed by atoms with Crippen LogP contribution in [0.3, 0.4) is 0 Å². The molecule has 0 heterocycles. The van der Waals surface area contributed by atoms with Gasteiger partial charge in [-0.05, 0) is 12.5 Å². The number of ether oxygens (including phenoxy) is 2. The zero-order valence-electron chi connectivity index (χ0n) is 12.2. The number of benzene rings is 1. The molecule has 0 aliphatic heterocycles. The molecule has 0 fully saturated rings. The number of aliphatic hydroxyl groups excluding tert-OH is 1. The largest absolute Gasteiger partial charge is 0.464 e. The van der Waals surface area contributed by atoms with Gasteiger partial charge in [0, 0.05) is 6.92 Å². The maximum absolute atomic E-state index is 11.7. The lowest BCUT2D eigenvalue weighted by Crippen LogP contribution is -2.50. The molecule has 0 unspecified atom stereocenters. The second-order valence-electron chi connectivity index (χ2n) is 4.50. The molecule has 0 radical (unpaired) electrons. The van der Waals surface area contributed by atoms with Crippen LogP contribution in [0.2, 0.25) is 0 Å². The number of aliphatic hydroxyl groups is 1. The van der Waals surface area contributed by atoms with Crippen molar-refractivity contribution in [3.63, 3.8) is 0 Å². The van der Waals surface area contributed by atoms with E-state index in [9.17, 15) is 14.7 Å². The van der Waals surface area contributed by atoms with Crippen LogP contribution in [0, 0.1) is 0 Å². The molecule has 0 aliphatic carbocycles. The van der Waals surface area contributed by atoms with E-state index in [4.69, 9.17) is 9.47 Å². The van der Waals surface area contributed by atoms with Crippen LogP contribution >= 0.6 is 0 Å². The predicted octanol–water partition coefficient (Wildman–Crippen LogP) is 0.632. The molecule has 1 aromatic carbocycles. The van der Waals surface area contributed by atoms with Crippen LogP contribution in [0.15, 0.2) is 30.3 Å². The molecule has 0 aromatic heterocycles. The van der Waals surface area contributed by atoms with Crippen LogP contribution < -0.4 is 5.32 Å². The van der Waals surface area contributed by atoms with Gasteiger partial charge in [-0.1, -0.05) is 30.3 Å². The first-order chi connectivity index (χ1) is 10.0. The van der Waals surface area contributed by atoms with Crippen LogP contribution in [-0.2, 0) is 25.7 Å². The van der Waals surface area contributed by atoms with Gasteiger partial charge in [0.05, 0.1) is 19.8 Å². The lowest BCUT2D eigenvalue weighted by atomic mass is 10.1. The highest BCUT2D eigenvalue weighted by Crippen LogP contribution is 2.04. The zero-order valence-corrected chi connectivity index (χ0v) is 12.2. The summed E-state index contributed by atoms with van der Waals surface area (Å²) < 4.78 is 10.2. The van der Waals surface area contributed by atoms with Crippen LogP contribution in [0.4, 0.5) is 0 Å². The standard InChI is InChI=1S/C15H21NO5/c1-3-21-15(19)14(16-11(2)17)13(18)10-20-9-12-7-5-4-6-8-12/h4-8,13-14,18H,3,9-10H2,1-2H3,(H,16,17)/t13-,14+/m1/s1. The Morgan fingerprint density at radius 2 is 1.95 bits per heavy atom. The fraction of sp³-hybridized carbons (Fsp3) is 0.467. The van der Waals surface area contributed by atoms with Gasteiger partial charge in [0.25, 0.3) is 0 Å². The third-order valence-corrected chi connectivity index (χ3v) is 2.68. The summed E-state index contributed by atoms with van der Waals surface area (Å²) in [4.78, 5) is 22.8. The van der Waals surface area contributed by atoms with Crippen LogP contribution in [-0.4, -0.2) is 42.3 Å². The van der Waals surface area contributed by atoms with Gasteiger partial charge in [-0.25, -0.2) is 4.79 Å². The third kappa shape index (κ3) is 6.37. The van der Waals surface area contributed by atoms with E-state index in [-0.39, 0.29) is 13.2 Å². The minimum Gasteiger partial charge on any atom is -0.464 e. The SMILES string of the molecule is CCOC(=O)[C@@H](NC(C)=O)[C@H](O)COCc1ccccc1. The third-order valence-electron chi connectivity index (χ3n) is 2.68. The molecular formula is C15H21NO5. The maximum Gasteiger partial charge on any atom is 0.331 e. The number of hydrogen-bond donors (Lipinski definition) is 2. The molecule has 6 heteroatoms.